The number of carbonyl (C=O) groups excluding carboxylic acids is 2. The Labute approximate surface area is 164 Å². The van der Waals surface area contributed by atoms with Gasteiger partial charge in [0.15, 0.2) is 6.61 Å². The molecule has 1 aliphatic rings. The normalized spacial score (nSPS) is 19.6. The summed E-state index contributed by atoms with van der Waals surface area (Å²) in [6.45, 7) is 6.24. The Morgan fingerprint density at radius 2 is 1.86 bits per heavy atom. The Morgan fingerprint density at radius 3 is 2.39 bits per heavy atom. The van der Waals surface area contributed by atoms with Crippen LogP contribution in [0.15, 0.2) is 18.2 Å². The van der Waals surface area contributed by atoms with Crippen LogP contribution in [-0.2, 0) is 14.3 Å². The molecule has 0 saturated heterocycles. The predicted molar refractivity (Wildman–Crippen MR) is 104 cm³/mol. The van der Waals surface area contributed by atoms with Crippen molar-refractivity contribution < 1.29 is 24.0 Å². The summed E-state index contributed by atoms with van der Waals surface area (Å²) in [5.41, 5.74) is 0.366. The number of esters is 1. The zero-order chi connectivity index (χ0) is 20.9. The number of amides is 1. The van der Waals surface area contributed by atoms with Gasteiger partial charge in [0.1, 0.15) is 5.75 Å². The van der Waals surface area contributed by atoms with E-state index in [1.165, 1.54) is 25.3 Å². The number of benzene rings is 1. The zero-order valence-electron chi connectivity index (χ0n) is 16.8. The molecule has 8 heteroatoms. The number of hydrogen-bond acceptors (Lipinski definition) is 6. The van der Waals surface area contributed by atoms with Gasteiger partial charge in [-0.05, 0) is 43.1 Å². The van der Waals surface area contributed by atoms with Crippen LogP contribution < -0.4 is 10.1 Å². The minimum Gasteiger partial charge on any atom is -0.494 e. The van der Waals surface area contributed by atoms with Crippen LogP contribution in [0.2, 0.25) is 0 Å². The number of nitro groups is 1. The second-order valence-corrected chi connectivity index (χ2v) is 8.21. The van der Waals surface area contributed by atoms with Gasteiger partial charge in [-0.2, -0.15) is 0 Å². The highest BCUT2D eigenvalue weighted by Gasteiger charge is 2.33. The molecule has 1 amide bonds. The van der Waals surface area contributed by atoms with Crippen LogP contribution in [0.25, 0.3) is 0 Å². The lowest BCUT2D eigenvalue weighted by Gasteiger charge is -2.36. The number of non-ortho nitro benzene ring substituents is 1. The largest absolute Gasteiger partial charge is 0.494 e. The molecule has 0 aliphatic heterocycles. The van der Waals surface area contributed by atoms with Crippen molar-refractivity contribution in [3.05, 3.63) is 28.3 Å². The molecule has 0 unspecified atom stereocenters. The number of anilines is 1. The molecule has 0 heterocycles. The van der Waals surface area contributed by atoms with Crippen molar-refractivity contribution in [1.82, 2.24) is 0 Å². The monoisotopic (exact) mass is 392 g/mol. The number of rotatable bonds is 6. The second kappa shape index (κ2) is 9.03. The minimum absolute atomic E-state index is 0.146. The second-order valence-electron chi connectivity index (χ2n) is 8.21. The van der Waals surface area contributed by atoms with Gasteiger partial charge in [0, 0.05) is 6.07 Å². The molecule has 1 aliphatic carbocycles. The maximum absolute atomic E-state index is 12.3. The minimum atomic E-state index is -0.551. The number of nitro benzene ring substituents is 1. The molecule has 154 valence electrons. The zero-order valence-corrected chi connectivity index (χ0v) is 16.8. The van der Waals surface area contributed by atoms with Gasteiger partial charge in [0.05, 0.1) is 29.7 Å². The third-order valence-corrected chi connectivity index (χ3v) is 5.30. The number of hydrogen-bond donors (Lipinski definition) is 1. The van der Waals surface area contributed by atoms with Crippen molar-refractivity contribution in [2.75, 3.05) is 19.0 Å². The smallest absolute Gasteiger partial charge is 0.309 e. The lowest BCUT2D eigenvalue weighted by atomic mass is 9.70. The highest BCUT2D eigenvalue weighted by atomic mass is 16.6. The van der Waals surface area contributed by atoms with Gasteiger partial charge < -0.3 is 14.8 Å². The average Bonchev–Trinajstić information content (AvgIpc) is 2.65. The van der Waals surface area contributed by atoms with E-state index in [0.29, 0.717) is 5.92 Å². The third-order valence-electron chi connectivity index (χ3n) is 5.30. The molecule has 28 heavy (non-hydrogen) atoms. The average molecular weight is 392 g/mol. The van der Waals surface area contributed by atoms with Gasteiger partial charge in [-0.25, -0.2) is 0 Å². The number of nitrogens with zero attached hydrogens (tertiary/aromatic N) is 1. The van der Waals surface area contributed by atoms with E-state index in [-0.39, 0.29) is 34.4 Å². The fourth-order valence-corrected chi connectivity index (χ4v) is 3.53. The van der Waals surface area contributed by atoms with Gasteiger partial charge in [0.25, 0.3) is 11.6 Å². The first kappa shape index (κ1) is 21.7. The van der Waals surface area contributed by atoms with Gasteiger partial charge >= 0.3 is 5.97 Å². The van der Waals surface area contributed by atoms with Crippen molar-refractivity contribution in [2.45, 2.75) is 46.5 Å². The number of methoxy groups -OCH3 is 1. The van der Waals surface area contributed by atoms with Crippen LogP contribution in [0.3, 0.4) is 0 Å². The molecular formula is C20H28N2O6. The summed E-state index contributed by atoms with van der Waals surface area (Å²) >= 11 is 0. The Hall–Kier alpha value is -2.64. The Morgan fingerprint density at radius 1 is 1.21 bits per heavy atom. The quantitative estimate of drug-likeness (QED) is 0.446. The number of nitrogens with one attached hydrogen (secondary N) is 1. The molecule has 8 nitrogen and oxygen atoms in total. The number of ether oxygens (including phenoxy) is 2. The predicted octanol–water partition coefficient (Wildman–Crippen LogP) is 3.94. The molecule has 0 radical (unpaired) electrons. The van der Waals surface area contributed by atoms with Gasteiger partial charge in [-0.1, -0.05) is 20.8 Å². The van der Waals surface area contributed by atoms with Gasteiger partial charge in [0.2, 0.25) is 0 Å². The Kier molecular flexibility index (Phi) is 6.99. The standard InChI is InChI=1S/C20H28N2O6/c1-20(2,3)14-7-5-13(6-8-14)19(24)28-12-18(23)21-16-10-9-15(22(25)26)11-17(16)27-4/h9-11,13-14H,5-8,12H2,1-4H3,(H,21,23). The van der Waals surface area contributed by atoms with Crippen LogP contribution in [0.5, 0.6) is 5.75 Å². The summed E-state index contributed by atoms with van der Waals surface area (Å²) in [5, 5.41) is 13.4. The Bertz CT molecular complexity index is 733. The molecule has 1 aromatic rings. The summed E-state index contributed by atoms with van der Waals surface area (Å²) < 4.78 is 10.2. The van der Waals surface area contributed by atoms with Crippen LogP contribution in [0, 0.1) is 27.4 Å². The van der Waals surface area contributed by atoms with Crippen LogP contribution in [0.1, 0.15) is 46.5 Å². The molecule has 1 aromatic carbocycles. The van der Waals surface area contributed by atoms with Crippen molar-refractivity contribution in [2.24, 2.45) is 17.3 Å². The van der Waals surface area contributed by atoms with Crippen LogP contribution in [-0.4, -0.2) is 30.5 Å². The molecule has 1 fully saturated rings. The summed E-state index contributed by atoms with van der Waals surface area (Å²) in [6, 6.07) is 3.86. The number of carbonyl (C=O) groups is 2. The van der Waals surface area contributed by atoms with Crippen molar-refractivity contribution in [3.63, 3.8) is 0 Å². The molecule has 0 atom stereocenters. The fourth-order valence-electron chi connectivity index (χ4n) is 3.53. The first-order valence-corrected chi connectivity index (χ1v) is 9.40. The molecule has 0 spiro atoms. The Balaban J connectivity index is 1.84. The van der Waals surface area contributed by atoms with E-state index in [1.807, 2.05) is 0 Å². The molecule has 0 bridgehead atoms. The summed E-state index contributed by atoms with van der Waals surface area (Å²) in [4.78, 5) is 34.6. The van der Waals surface area contributed by atoms with E-state index >= 15 is 0 Å². The first-order valence-electron chi connectivity index (χ1n) is 9.40. The van der Waals surface area contributed by atoms with Gasteiger partial charge in [-0.3, -0.25) is 19.7 Å². The highest BCUT2D eigenvalue weighted by molar-refractivity contribution is 5.94. The van der Waals surface area contributed by atoms with Crippen molar-refractivity contribution in [1.29, 1.82) is 0 Å². The van der Waals surface area contributed by atoms with E-state index in [4.69, 9.17) is 9.47 Å². The molecule has 1 N–H and O–H groups in total. The highest BCUT2D eigenvalue weighted by Crippen LogP contribution is 2.40. The first-order chi connectivity index (χ1) is 13.1. The topological polar surface area (TPSA) is 108 Å². The summed E-state index contributed by atoms with van der Waals surface area (Å²) in [7, 11) is 1.35. The van der Waals surface area contributed by atoms with E-state index in [1.54, 1.807) is 0 Å². The lowest BCUT2D eigenvalue weighted by molar-refractivity contribution is -0.384. The van der Waals surface area contributed by atoms with E-state index in [0.717, 1.165) is 25.7 Å². The van der Waals surface area contributed by atoms with Crippen LogP contribution >= 0.6 is 0 Å². The lowest BCUT2D eigenvalue weighted by Crippen LogP contribution is -2.31. The third kappa shape index (κ3) is 5.68. The summed E-state index contributed by atoms with van der Waals surface area (Å²) in [6.07, 6.45) is 3.52. The molecule has 2 rings (SSSR count). The van der Waals surface area contributed by atoms with E-state index in [9.17, 15) is 19.7 Å². The maximum Gasteiger partial charge on any atom is 0.309 e. The van der Waals surface area contributed by atoms with E-state index in [2.05, 4.69) is 26.1 Å². The SMILES string of the molecule is COc1cc([N+](=O)[O-])ccc1NC(=O)COC(=O)C1CCC(C(C)(C)C)CC1. The molecular weight excluding hydrogens is 364 g/mol. The van der Waals surface area contributed by atoms with Gasteiger partial charge in [-0.15, -0.1) is 0 Å². The van der Waals surface area contributed by atoms with E-state index < -0.39 is 17.4 Å². The summed E-state index contributed by atoms with van der Waals surface area (Å²) in [5.74, 6) is -0.286. The van der Waals surface area contributed by atoms with Crippen molar-refractivity contribution in [3.8, 4) is 5.75 Å². The maximum atomic E-state index is 12.3. The molecule has 1 saturated carbocycles. The molecule has 0 aromatic heterocycles. The van der Waals surface area contributed by atoms with Crippen LogP contribution in [0.4, 0.5) is 11.4 Å². The van der Waals surface area contributed by atoms with Crippen molar-refractivity contribution >= 4 is 23.3 Å². The fraction of sp³-hybridized carbons (Fsp3) is 0.600.